The van der Waals surface area contributed by atoms with Gasteiger partial charge < -0.3 is 4.90 Å². The molecule has 1 amide bonds. The Morgan fingerprint density at radius 2 is 2.00 bits per heavy atom. The average Bonchev–Trinajstić information content (AvgIpc) is 2.76. The minimum atomic E-state index is 0.0245. The fourth-order valence-corrected chi connectivity index (χ4v) is 3.44. The van der Waals surface area contributed by atoms with Crippen molar-refractivity contribution < 1.29 is 4.79 Å². The molecule has 2 rings (SSSR count). The van der Waals surface area contributed by atoms with E-state index in [1.807, 2.05) is 4.90 Å². The van der Waals surface area contributed by atoms with Crippen LogP contribution >= 0.6 is 39.1 Å². The van der Waals surface area contributed by atoms with E-state index in [1.54, 1.807) is 18.2 Å². The van der Waals surface area contributed by atoms with Crippen molar-refractivity contribution >= 4 is 45.0 Å². The minimum Gasteiger partial charge on any atom is -0.338 e. The second-order valence-electron chi connectivity index (χ2n) is 4.54. The SMILES string of the molecule is O=C(c1cc(Cl)cc(Cl)c1)N1CCC(CCBr)C1. The summed E-state index contributed by atoms with van der Waals surface area (Å²) in [5, 5.41) is 1.99. The van der Waals surface area contributed by atoms with E-state index in [0.717, 1.165) is 31.3 Å². The summed E-state index contributed by atoms with van der Waals surface area (Å²) in [5.41, 5.74) is 0.576. The number of hydrogen-bond donors (Lipinski definition) is 0. The number of carbonyl (C=O) groups is 1. The molecule has 98 valence electrons. The van der Waals surface area contributed by atoms with Crippen LogP contribution in [0.25, 0.3) is 0 Å². The average molecular weight is 351 g/mol. The number of nitrogens with zero attached hydrogens (tertiary/aromatic N) is 1. The minimum absolute atomic E-state index is 0.0245. The Kier molecular flexibility index (Phi) is 4.93. The fourth-order valence-electron chi connectivity index (χ4n) is 2.27. The van der Waals surface area contributed by atoms with Gasteiger partial charge in [0.25, 0.3) is 5.91 Å². The summed E-state index contributed by atoms with van der Waals surface area (Å²) in [4.78, 5) is 14.2. The van der Waals surface area contributed by atoms with E-state index in [1.165, 1.54) is 0 Å². The fraction of sp³-hybridized carbons (Fsp3) is 0.462. The molecule has 1 unspecified atom stereocenters. The molecule has 0 bridgehead atoms. The van der Waals surface area contributed by atoms with Crippen LogP contribution < -0.4 is 0 Å². The van der Waals surface area contributed by atoms with E-state index in [0.29, 0.717) is 21.5 Å². The maximum atomic E-state index is 12.3. The molecule has 0 aliphatic carbocycles. The summed E-state index contributed by atoms with van der Waals surface area (Å²) < 4.78 is 0. The molecule has 1 heterocycles. The highest BCUT2D eigenvalue weighted by molar-refractivity contribution is 9.09. The standard InChI is InChI=1S/C13H14BrCl2NO/c14-3-1-9-2-4-17(8-9)13(18)10-5-11(15)7-12(16)6-10/h5-7,9H,1-4,8H2. The molecule has 1 atom stereocenters. The molecule has 18 heavy (non-hydrogen) atoms. The van der Waals surface area contributed by atoms with Gasteiger partial charge >= 0.3 is 0 Å². The molecule has 1 fully saturated rings. The highest BCUT2D eigenvalue weighted by Gasteiger charge is 2.26. The quantitative estimate of drug-likeness (QED) is 0.746. The molecule has 1 aromatic carbocycles. The highest BCUT2D eigenvalue weighted by atomic mass is 79.9. The number of halogens is 3. The molecule has 1 aromatic rings. The van der Waals surface area contributed by atoms with Crippen LogP contribution in [0.4, 0.5) is 0 Å². The number of rotatable bonds is 3. The van der Waals surface area contributed by atoms with Crippen molar-refractivity contribution in [3.05, 3.63) is 33.8 Å². The number of hydrogen-bond acceptors (Lipinski definition) is 1. The third-order valence-electron chi connectivity index (χ3n) is 3.20. The van der Waals surface area contributed by atoms with Crippen LogP contribution in [0.5, 0.6) is 0 Å². The van der Waals surface area contributed by atoms with Crippen LogP contribution in [0, 0.1) is 5.92 Å². The van der Waals surface area contributed by atoms with Crippen molar-refractivity contribution in [1.29, 1.82) is 0 Å². The molecule has 0 radical (unpaired) electrons. The van der Waals surface area contributed by atoms with Crippen LogP contribution in [-0.4, -0.2) is 29.2 Å². The smallest absolute Gasteiger partial charge is 0.253 e. The first kappa shape index (κ1) is 14.2. The zero-order chi connectivity index (χ0) is 13.1. The van der Waals surface area contributed by atoms with E-state index >= 15 is 0 Å². The molecule has 1 saturated heterocycles. The summed E-state index contributed by atoms with van der Waals surface area (Å²) >= 11 is 15.3. The van der Waals surface area contributed by atoms with Crippen molar-refractivity contribution in [1.82, 2.24) is 4.90 Å². The van der Waals surface area contributed by atoms with Gasteiger partial charge in [0.2, 0.25) is 0 Å². The largest absolute Gasteiger partial charge is 0.338 e. The Bertz CT molecular complexity index is 432. The van der Waals surface area contributed by atoms with Crippen molar-refractivity contribution in [3.8, 4) is 0 Å². The van der Waals surface area contributed by atoms with E-state index in [-0.39, 0.29) is 5.91 Å². The number of amides is 1. The topological polar surface area (TPSA) is 20.3 Å². The predicted molar refractivity (Wildman–Crippen MR) is 78.9 cm³/mol. The number of benzene rings is 1. The second-order valence-corrected chi connectivity index (χ2v) is 6.21. The second kappa shape index (κ2) is 6.27. The van der Waals surface area contributed by atoms with Crippen LogP contribution in [0.1, 0.15) is 23.2 Å². The van der Waals surface area contributed by atoms with Crippen molar-refractivity contribution in [2.24, 2.45) is 5.92 Å². The lowest BCUT2D eigenvalue weighted by Gasteiger charge is -2.16. The third kappa shape index (κ3) is 3.40. The molecule has 5 heteroatoms. The third-order valence-corrected chi connectivity index (χ3v) is 4.09. The molecular formula is C13H14BrCl2NO. The molecule has 2 nitrogen and oxygen atoms in total. The Hall–Kier alpha value is -0.250. The number of alkyl halides is 1. The van der Waals surface area contributed by atoms with Crippen molar-refractivity contribution in [2.75, 3.05) is 18.4 Å². The Labute approximate surface area is 125 Å². The summed E-state index contributed by atoms with van der Waals surface area (Å²) in [6, 6.07) is 4.98. The van der Waals surface area contributed by atoms with E-state index in [9.17, 15) is 4.79 Å². The highest BCUT2D eigenvalue weighted by Crippen LogP contribution is 2.24. The van der Waals surface area contributed by atoms with Crippen LogP contribution in [0.3, 0.4) is 0 Å². The van der Waals surface area contributed by atoms with Gasteiger partial charge in [-0.1, -0.05) is 39.1 Å². The first-order valence-corrected chi connectivity index (χ1v) is 7.79. The molecule has 0 aromatic heterocycles. The zero-order valence-electron chi connectivity index (χ0n) is 9.83. The van der Waals surface area contributed by atoms with E-state index < -0.39 is 0 Å². The number of likely N-dealkylation sites (tertiary alicyclic amines) is 1. The molecular weight excluding hydrogens is 337 g/mol. The lowest BCUT2D eigenvalue weighted by atomic mass is 10.1. The van der Waals surface area contributed by atoms with Crippen molar-refractivity contribution in [3.63, 3.8) is 0 Å². The van der Waals surface area contributed by atoms with Crippen molar-refractivity contribution in [2.45, 2.75) is 12.8 Å². The van der Waals surface area contributed by atoms with E-state index in [2.05, 4.69) is 15.9 Å². The summed E-state index contributed by atoms with van der Waals surface area (Å²) in [6.07, 6.45) is 2.19. The maximum absolute atomic E-state index is 12.3. The zero-order valence-corrected chi connectivity index (χ0v) is 12.9. The monoisotopic (exact) mass is 349 g/mol. The van der Waals surface area contributed by atoms with Gasteiger partial charge in [0.05, 0.1) is 0 Å². The maximum Gasteiger partial charge on any atom is 0.253 e. The molecule has 0 saturated carbocycles. The van der Waals surface area contributed by atoms with Gasteiger partial charge in [-0.3, -0.25) is 4.79 Å². The van der Waals surface area contributed by atoms with Gasteiger partial charge in [-0.05, 0) is 37.0 Å². The molecule has 0 spiro atoms. The first-order chi connectivity index (χ1) is 8.60. The molecule has 0 N–H and O–H groups in total. The lowest BCUT2D eigenvalue weighted by Crippen LogP contribution is -2.28. The van der Waals surface area contributed by atoms with Gasteiger partial charge in [0.15, 0.2) is 0 Å². The van der Waals surface area contributed by atoms with E-state index in [4.69, 9.17) is 23.2 Å². The van der Waals surface area contributed by atoms with Gasteiger partial charge in [-0.2, -0.15) is 0 Å². The van der Waals surface area contributed by atoms with Crippen LogP contribution in [0.2, 0.25) is 10.0 Å². The van der Waals surface area contributed by atoms with Gasteiger partial charge in [0, 0.05) is 34.0 Å². The van der Waals surface area contributed by atoms with Gasteiger partial charge in [0.1, 0.15) is 0 Å². The lowest BCUT2D eigenvalue weighted by molar-refractivity contribution is 0.0787. The molecule has 1 aliphatic rings. The Morgan fingerprint density at radius 3 is 2.61 bits per heavy atom. The number of carbonyl (C=O) groups excluding carboxylic acids is 1. The van der Waals surface area contributed by atoms with Crippen LogP contribution in [0.15, 0.2) is 18.2 Å². The predicted octanol–water partition coefficient (Wildman–Crippen LogP) is 4.24. The van der Waals surface area contributed by atoms with Gasteiger partial charge in [-0.15, -0.1) is 0 Å². The summed E-state index contributed by atoms with van der Waals surface area (Å²) in [7, 11) is 0. The van der Waals surface area contributed by atoms with Gasteiger partial charge in [-0.25, -0.2) is 0 Å². The first-order valence-electron chi connectivity index (χ1n) is 5.91. The Morgan fingerprint density at radius 1 is 1.33 bits per heavy atom. The normalized spacial score (nSPS) is 19.3. The Balaban J connectivity index is 2.08. The van der Waals surface area contributed by atoms with Crippen LogP contribution in [-0.2, 0) is 0 Å². The summed E-state index contributed by atoms with van der Waals surface area (Å²) in [5.74, 6) is 0.624. The molecule has 1 aliphatic heterocycles. The summed E-state index contributed by atoms with van der Waals surface area (Å²) in [6.45, 7) is 1.65.